The van der Waals surface area contributed by atoms with Crippen molar-refractivity contribution in [1.82, 2.24) is 9.13 Å². The molecular weight excluding hydrogens is 1470 g/mol. The highest BCUT2D eigenvalue weighted by Crippen LogP contribution is 2.58. The van der Waals surface area contributed by atoms with Gasteiger partial charge in [0, 0.05) is 105 Å². The topological polar surface area (TPSA) is 42.6 Å². The molecule has 23 rings (SSSR count). The minimum absolute atomic E-state index is 0.000277. The largest absolute Gasteiger partial charge is 0.456 e. The predicted octanol–water partition coefficient (Wildman–Crippen LogP) is 29.7. The number of aromatic nitrogens is 2. The van der Waals surface area contributed by atoms with E-state index in [1.54, 1.807) is 6.07 Å². The molecule has 0 saturated carbocycles. The molecule has 0 bridgehead atoms. The van der Waals surface area contributed by atoms with E-state index in [-0.39, 0.29) is 93.7 Å². The van der Waals surface area contributed by atoms with E-state index in [1.165, 1.54) is 9.13 Å². The van der Waals surface area contributed by atoms with Crippen LogP contribution in [-0.2, 0) is 16.2 Å². The highest BCUT2D eigenvalue weighted by molar-refractivity contribution is 7.02. The fourth-order valence-electron chi connectivity index (χ4n) is 18.6. The van der Waals surface area contributed by atoms with Gasteiger partial charge in [0.2, 0.25) is 0 Å². The molecular formula is C114H87BN4O2. The standard InChI is InChI=1S/C114H87BN4O2/c1-112(2,3)75-60-89(70-35-14-10-15-36-70)109(90(61-75)71-37-16-11-17-38-71)118-99-64-77(114(7,8)9)65-100-108(99)115(106-88(74-57-58-105-93(59-74)85-48-27-32-55-103(85)120-105)66-78(68-101(106)118)116-95-51-28-22-43-80(95)81-44-23-29-52-96(81)116)107-94(87-50-34-49-86-84-47-26-33-56-104(84)121-111(86)87)67-79(117-97-53-30-24-45-82(97)83-46-25-31-54-98(83)117)69-102(107)119(100)110-91(72-39-18-12-19-40-72)62-76(113(4,5)6)63-92(110)73-41-20-13-21-42-73/h10-69H,1-9H3/i22D,23D,24D,25D,28D,29D,30D,31D,43D,44D,45D,46D,51D,52D,53D,54D,66D,67D,68D,69D. The van der Waals surface area contributed by atoms with Crippen molar-refractivity contribution in [2.75, 3.05) is 9.80 Å². The van der Waals surface area contributed by atoms with Crippen LogP contribution >= 0.6 is 0 Å². The second-order valence-corrected chi connectivity index (χ2v) is 34.7. The van der Waals surface area contributed by atoms with E-state index < -0.39 is 155 Å². The van der Waals surface area contributed by atoms with Crippen molar-refractivity contribution >= 4 is 145 Å². The second-order valence-electron chi connectivity index (χ2n) is 34.7. The minimum atomic E-state index is -1.57. The van der Waals surface area contributed by atoms with Crippen molar-refractivity contribution < 1.29 is 36.2 Å². The van der Waals surface area contributed by atoms with Crippen LogP contribution in [0.4, 0.5) is 34.1 Å². The third kappa shape index (κ3) is 11.3. The summed E-state index contributed by atoms with van der Waals surface area (Å²) in [5.41, 5.74) is 8.09. The zero-order chi connectivity index (χ0) is 98.9. The Balaban J connectivity index is 1.06. The van der Waals surface area contributed by atoms with Gasteiger partial charge in [0.1, 0.15) is 22.3 Å². The Bertz CT molecular complexity index is 8840. The first kappa shape index (κ1) is 53.8. The number of hydrogen-bond donors (Lipinski definition) is 0. The highest BCUT2D eigenvalue weighted by atomic mass is 16.3. The number of benzene rings is 17. The average Bonchev–Trinajstić information content (AvgIpc) is 1.62. The van der Waals surface area contributed by atoms with E-state index in [1.807, 2.05) is 200 Å². The molecule has 4 aromatic heterocycles. The zero-order valence-electron chi connectivity index (χ0n) is 87.8. The first-order valence-corrected chi connectivity index (χ1v) is 40.9. The van der Waals surface area contributed by atoms with Gasteiger partial charge < -0.3 is 27.8 Å². The van der Waals surface area contributed by atoms with Crippen LogP contribution in [0.1, 0.15) is 106 Å². The van der Waals surface area contributed by atoms with Gasteiger partial charge in [-0.3, -0.25) is 0 Å². The lowest BCUT2D eigenvalue weighted by atomic mass is 9.31. The van der Waals surface area contributed by atoms with E-state index in [2.05, 4.69) is 109 Å². The number of para-hydroxylation sites is 7. The summed E-state index contributed by atoms with van der Waals surface area (Å²) in [4.78, 5) is 4.18. The lowest BCUT2D eigenvalue weighted by Crippen LogP contribution is -2.62. The third-order valence-corrected chi connectivity index (χ3v) is 24.4. The van der Waals surface area contributed by atoms with Crippen LogP contribution in [0.25, 0.3) is 166 Å². The summed E-state index contributed by atoms with van der Waals surface area (Å²) in [7, 11) is 0. The smallest absolute Gasteiger partial charge is 0.253 e. The van der Waals surface area contributed by atoms with Crippen LogP contribution in [0.5, 0.6) is 0 Å². The maximum atomic E-state index is 12.6. The molecule has 121 heavy (non-hydrogen) atoms. The highest BCUT2D eigenvalue weighted by Gasteiger charge is 2.49. The molecule has 0 amide bonds. The molecule has 578 valence electrons. The van der Waals surface area contributed by atoms with Gasteiger partial charge in [-0.05, 0) is 197 Å². The number of fused-ring (bicyclic) bond motifs is 16. The lowest BCUT2D eigenvalue weighted by molar-refractivity contribution is 0.590. The minimum Gasteiger partial charge on any atom is -0.456 e. The summed E-state index contributed by atoms with van der Waals surface area (Å²) >= 11 is 0. The summed E-state index contributed by atoms with van der Waals surface area (Å²) in [6, 6.07) is 65.3. The predicted molar refractivity (Wildman–Crippen MR) is 512 cm³/mol. The van der Waals surface area contributed by atoms with E-state index in [0.717, 1.165) is 11.1 Å². The van der Waals surface area contributed by atoms with Gasteiger partial charge in [0.15, 0.2) is 0 Å². The zero-order valence-corrected chi connectivity index (χ0v) is 67.8. The van der Waals surface area contributed by atoms with Crippen LogP contribution in [0.2, 0.25) is 0 Å². The lowest BCUT2D eigenvalue weighted by Gasteiger charge is -2.48. The van der Waals surface area contributed by atoms with Crippen molar-refractivity contribution in [3.8, 4) is 78.1 Å². The first-order valence-electron chi connectivity index (χ1n) is 50.9. The van der Waals surface area contributed by atoms with Crippen molar-refractivity contribution in [3.05, 3.63) is 380 Å². The molecule has 7 heteroatoms. The molecule has 0 saturated heterocycles. The Morgan fingerprint density at radius 3 is 1.05 bits per heavy atom. The van der Waals surface area contributed by atoms with Gasteiger partial charge in [-0.15, -0.1) is 0 Å². The normalized spacial score (nSPS) is 15.3. The van der Waals surface area contributed by atoms with Gasteiger partial charge in [-0.2, -0.15) is 0 Å². The van der Waals surface area contributed by atoms with Crippen LogP contribution < -0.4 is 26.2 Å². The summed E-state index contributed by atoms with van der Waals surface area (Å²) < 4.78 is 225. The molecule has 6 nitrogen and oxygen atoms in total. The second kappa shape index (κ2) is 27.1. The van der Waals surface area contributed by atoms with Crippen LogP contribution in [0.15, 0.2) is 372 Å². The van der Waals surface area contributed by atoms with Crippen molar-refractivity contribution in [2.45, 2.75) is 78.6 Å². The molecule has 0 radical (unpaired) electrons. The number of hydrogen-bond acceptors (Lipinski definition) is 4. The third-order valence-electron chi connectivity index (χ3n) is 24.4. The van der Waals surface area contributed by atoms with Crippen molar-refractivity contribution in [3.63, 3.8) is 0 Å². The van der Waals surface area contributed by atoms with Gasteiger partial charge in [-0.25, -0.2) is 0 Å². The molecule has 0 fully saturated rings. The monoisotopic (exact) mass is 1570 g/mol. The number of rotatable bonds is 10. The Morgan fingerprint density at radius 1 is 0.264 bits per heavy atom. The number of furan rings is 2. The summed E-state index contributed by atoms with van der Waals surface area (Å²) in [6.07, 6.45) is 0. The molecule has 0 atom stereocenters. The van der Waals surface area contributed by atoms with E-state index in [9.17, 15) is 27.4 Å². The molecule has 0 aliphatic carbocycles. The van der Waals surface area contributed by atoms with Gasteiger partial charge in [-0.1, -0.05) is 317 Å². The summed E-state index contributed by atoms with van der Waals surface area (Å²) in [5.74, 6) is 0. The Kier molecular flexibility index (Phi) is 12.0. The average molecular weight is 1580 g/mol. The van der Waals surface area contributed by atoms with E-state index >= 15 is 0 Å². The molecule has 0 N–H and O–H groups in total. The number of nitrogens with zero attached hydrogens (tertiary/aromatic N) is 4. The maximum absolute atomic E-state index is 12.6. The van der Waals surface area contributed by atoms with Crippen LogP contribution in [-0.4, -0.2) is 15.8 Å². The summed E-state index contributed by atoms with van der Waals surface area (Å²) in [5, 5.41) is 1.20. The fourth-order valence-corrected chi connectivity index (χ4v) is 18.6. The van der Waals surface area contributed by atoms with E-state index in [4.69, 9.17) is 8.83 Å². The SMILES string of the molecule is [2H]c1c(-c2ccc3oc4ccccc4c3c2)c2c(c([2H])c1-n1c3c([2H])c([2H])c([2H])c([2H])c3c3c([2H])c([2H])c([2H])c([2H])c31)N(c1c(-c3ccccc3)cc(C(C)(C)C)cc1-c1ccccc1)c1cc(C(C)(C)C)cc3c1B2c1c(-c2cccc4c2oc2ccccc24)c([2H])c(-n2c4c([2H])c([2H])c([2H])c([2H])c4c4c([2H])c([2H])c([2H])c([2H])c42)c([2H])c1N3c1c(-c2ccccc2)cc(C(C)(C)C)cc1-c1ccccc1. The van der Waals surface area contributed by atoms with Gasteiger partial charge >= 0.3 is 0 Å². The molecule has 6 heterocycles. The summed E-state index contributed by atoms with van der Waals surface area (Å²) in [6.45, 7) is 17.5. The molecule has 21 aromatic rings. The molecule has 0 unspecified atom stereocenters. The molecule has 0 spiro atoms. The van der Waals surface area contributed by atoms with E-state index in [0.29, 0.717) is 117 Å². The van der Waals surface area contributed by atoms with Gasteiger partial charge in [0.05, 0.1) is 60.9 Å². The molecule has 17 aromatic carbocycles. The Labute approximate surface area is 733 Å². The first-order chi connectivity index (χ1) is 67.3. The van der Waals surface area contributed by atoms with Crippen molar-refractivity contribution in [2.24, 2.45) is 0 Å². The maximum Gasteiger partial charge on any atom is 0.253 e. The Hall–Kier alpha value is -14.4. The van der Waals surface area contributed by atoms with Gasteiger partial charge in [0.25, 0.3) is 6.71 Å². The quantitative estimate of drug-likeness (QED) is 0.128. The Morgan fingerprint density at radius 2 is 0.620 bits per heavy atom. The molecule has 2 aliphatic heterocycles. The van der Waals surface area contributed by atoms with Crippen LogP contribution in [0.3, 0.4) is 0 Å². The number of anilines is 6. The van der Waals surface area contributed by atoms with Crippen LogP contribution in [0, 0.1) is 0 Å². The van der Waals surface area contributed by atoms with Crippen molar-refractivity contribution in [1.29, 1.82) is 0 Å². The fraction of sp³-hybridized carbons (Fsp3) is 0.105. The molecule has 2 aliphatic rings.